The summed E-state index contributed by atoms with van der Waals surface area (Å²) in [7, 11) is 1.72. The van der Waals surface area contributed by atoms with Gasteiger partial charge in [0.25, 0.3) is 5.56 Å². The van der Waals surface area contributed by atoms with E-state index in [-0.39, 0.29) is 40.6 Å². The van der Waals surface area contributed by atoms with Gasteiger partial charge in [-0.05, 0) is 49.3 Å². The molecular formula is C27H31ClF3N7O3. The maximum atomic E-state index is 13.9. The lowest BCUT2D eigenvalue weighted by Gasteiger charge is -2.31. The Morgan fingerprint density at radius 3 is 2.54 bits per heavy atom. The molecule has 1 amide bonds. The minimum absolute atomic E-state index is 0.0581. The van der Waals surface area contributed by atoms with Gasteiger partial charge >= 0.3 is 6.18 Å². The summed E-state index contributed by atoms with van der Waals surface area (Å²) in [5.41, 5.74) is -0.00121. The molecule has 220 valence electrons. The zero-order valence-electron chi connectivity index (χ0n) is 22.7. The summed E-state index contributed by atoms with van der Waals surface area (Å²) in [4.78, 5) is 33.9. The van der Waals surface area contributed by atoms with Crippen LogP contribution in [0.4, 0.5) is 24.5 Å². The number of methoxy groups -OCH3 is 1. The Morgan fingerprint density at radius 1 is 1.22 bits per heavy atom. The van der Waals surface area contributed by atoms with Gasteiger partial charge < -0.3 is 24.8 Å². The van der Waals surface area contributed by atoms with Crippen molar-refractivity contribution in [3.8, 4) is 0 Å². The van der Waals surface area contributed by atoms with E-state index in [0.717, 1.165) is 31.0 Å². The minimum Gasteiger partial charge on any atom is -0.381 e. The molecule has 10 nitrogen and oxygen atoms in total. The number of anilines is 2. The van der Waals surface area contributed by atoms with Gasteiger partial charge in [-0.15, -0.1) is 5.10 Å². The smallest absolute Gasteiger partial charge is 0.381 e. The van der Waals surface area contributed by atoms with Crippen molar-refractivity contribution in [3.63, 3.8) is 0 Å². The Bertz CT molecular complexity index is 1540. The van der Waals surface area contributed by atoms with E-state index < -0.39 is 17.6 Å². The van der Waals surface area contributed by atoms with Crippen molar-refractivity contribution < 1.29 is 22.7 Å². The number of ether oxygens (including phenoxy) is 1. The standard InChI is InChI=1S/C27H31ClF3N7O3/c1-3-20-23(36-8-6-32-7-9-36)25(40)38-26(34-24(35-38)22-16-11-15(41-2)12-17(16)22)37(20)13-21(39)33-19-5-4-14(10-18(19)28)27(29,30)31/h4-5,10,15-17,22,32H,3,6-9,11-13H2,1-2H3,(H,33,39). The number of amides is 1. The Balaban J connectivity index is 1.37. The maximum Gasteiger partial charge on any atom is 0.416 e. The second-order valence-electron chi connectivity index (χ2n) is 10.9. The first-order valence-electron chi connectivity index (χ1n) is 13.8. The SMILES string of the molecule is CCc1c(N2CCNCC2)c(=O)n2nc(C3C4CC(OC)CC43)nc2n1CC(=O)Nc1ccc(C(F)(F)F)cc1Cl. The maximum absolute atomic E-state index is 13.9. The van der Waals surface area contributed by atoms with E-state index in [1.165, 1.54) is 4.52 Å². The molecule has 2 N–H and O–H groups in total. The minimum atomic E-state index is -4.56. The molecule has 3 fully saturated rings. The topological polar surface area (TPSA) is 106 Å². The lowest BCUT2D eigenvalue weighted by molar-refractivity contribution is -0.137. The number of piperazine rings is 1. The number of carbonyl (C=O) groups excluding carboxylic acids is 1. The van der Waals surface area contributed by atoms with E-state index in [0.29, 0.717) is 61.6 Å². The van der Waals surface area contributed by atoms with Crippen LogP contribution in [0.1, 0.15) is 42.8 Å². The molecule has 14 heteroatoms. The van der Waals surface area contributed by atoms with Crippen LogP contribution in [0.3, 0.4) is 0 Å². The highest BCUT2D eigenvalue weighted by atomic mass is 35.5. The van der Waals surface area contributed by atoms with Crippen LogP contribution >= 0.6 is 11.6 Å². The average Bonchev–Trinajstić information content (AvgIpc) is 3.26. The molecule has 2 unspecified atom stereocenters. The highest BCUT2D eigenvalue weighted by Gasteiger charge is 2.58. The zero-order chi connectivity index (χ0) is 29.1. The molecule has 0 radical (unpaired) electrons. The van der Waals surface area contributed by atoms with Crippen LogP contribution in [0.25, 0.3) is 5.78 Å². The van der Waals surface area contributed by atoms with Crippen molar-refractivity contribution >= 4 is 34.7 Å². The lowest BCUT2D eigenvalue weighted by Crippen LogP contribution is -2.47. The van der Waals surface area contributed by atoms with Crippen LogP contribution in [0.2, 0.25) is 5.02 Å². The monoisotopic (exact) mass is 593 g/mol. The number of nitrogens with zero attached hydrogens (tertiary/aromatic N) is 5. The highest BCUT2D eigenvalue weighted by Crippen LogP contribution is 2.62. The lowest BCUT2D eigenvalue weighted by atomic mass is 10.1. The average molecular weight is 594 g/mol. The summed E-state index contributed by atoms with van der Waals surface area (Å²) < 4.78 is 47.7. The molecule has 3 aliphatic rings. The molecule has 0 bridgehead atoms. The van der Waals surface area contributed by atoms with E-state index in [9.17, 15) is 22.8 Å². The van der Waals surface area contributed by atoms with Gasteiger partial charge in [-0.2, -0.15) is 22.7 Å². The van der Waals surface area contributed by atoms with Gasteiger partial charge in [0, 0.05) is 39.2 Å². The van der Waals surface area contributed by atoms with E-state index in [1.807, 2.05) is 11.8 Å². The molecule has 3 aromatic rings. The summed E-state index contributed by atoms with van der Waals surface area (Å²) in [5, 5.41) is 10.3. The molecule has 2 aliphatic carbocycles. The number of benzene rings is 1. The summed E-state index contributed by atoms with van der Waals surface area (Å²) in [6.07, 6.45) is -2.03. The second kappa shape index (κ2) is 10.6. The molecule has 2 aromatic heterocycles. The van der Waals surface area contributed by atoms with Gasteiger partial charge in [-0.1, -0.05) is 18.5 Å². The Hall–Kier alpha value is -3.16. The van der Waals surface area contributed by atoms with Gasteiger partial charge in [0.1, 0.15) is 12.2 Å². The molecule has 0 spiro atoms. The van der Waals surface area contributed by atoms with Crippen LogP contribution in [0.5, 0.6) is 0 Å². The summed E-state index contributed by atoms with van der Waals surface area (Å²) >= 11 is 6.09. The fourth-order valence-corrected chi connectivity index (χ4v) is 6.69. The number of fused-ring (bicyclic) bond motifs is 2. The fraction of sp³-hybridized carbons (Fsp3) is 0.556. The first kappa shape index (κ1) is 28.0. The van der Waals surface area contributed by atoms with Crippen LogP contribution < -0.4 is 21.1 Å². The number of carbonyl (C=O) groups is 1. The first-order valence-corrected chi connectivity index (χ1v) is 14.2. The van der Waals surface area contributed by atoms with E-state index in [1.54, 1.807) is 11.7 Å². The van der Waals surface area contributed by atoms with Crippen LogP contribution in [-0.4, -0.2) is 64.5 Å². The fourth-order valence-electron chi connectivity index (χ4n) is 6.47. The summed E-state index contributed by atoms with van der Waals surface area (Å²) in [6.45, 7) is 4.34. The molecule has 6 rings (SSSR count). The molecule has 2 atom stereocenters. The van der Waals surface area contributed by atoms with Crippen molar-refractivity contribution in [3.05, 3.63) is 50.7 Å². The van der Waals surface area contributed by atoms with Gasteiger partial charge in [0.05, 0.1) is 28.1 Å². The van der Waals surface area contributed by atoms with Gasteiger partial charge in [0.15, 0.2) is 5.82 Å². The third-order valence-corrected chi connectivity index (χ3v) is 8.83. The Kier molecular flexibility index (Phi) is 7.23. The number of nitrogens with one attached hydrogen (secondary N) is 2. The predicted molar refractivity (Wildman–Crippen MR) is 147 cm³/mol. The van der Waals surface area contributed by atoms with Crippen LogP contribution in [0, 0.1) is 11.8 Å². The number of hydrogen-bond donors (Lipinski definition) is 2. The van der Waals surface area contributed by atoms with Gasteiger partial charge in [-0.25, -0.2) is 0 Å². The van der Waals surface area contributed by atoms with E-state index >= 15 is 0 Å². The molecule has 1 saturated heterocycles. The molecule has 1 aromatic carbocycles. The number of hydrogen-bond acceptors (Lipinski definition) is 7. The molecule has 41 heavy (non-hydrogen) atoms. The van der Waals surface area contributed by atoms with Crippen molar-refractivity contribution in [2.45, 2.75) is 50.9 Å². The molecule has 3 heterocycles. The number of halogens is 4. The first-order chi connectivity index (χ1) is 19.6. The predicted octanol–water partition coefficient (Wildman–Crippen LogP) is 3.31. The summed E-state index contributed by atoms with van der Waals surface area (Å²) in [5.74, 6) is 1.29. The Labute approximate surface area is 238 Å². The van der Waals surface area contributed by atoms with E-state index in [4.69, 9.17) is 21.3 Å². The third kappa shape index (κ3) is 5.08. The Morgan fingerprint density at radius 2 is 1.93 bits per heavy atom. The molecular weight excluding hydrogens is 563 g/mol. The normalized spacial score (nSPS) is 24.1. The number of aromatic nitrogens is 4. The van der Waals surface area contributed by atoms with Crippen molar-refractivity contribution in [2.24, 2.45) is 11.8 Å². The van der Waals surface area contributed by atoms with Crippen LogP contribution in [-0.2, 0) is 28.7 Å². The number of alkyl halides is 3. The highest BCUT2D eigenvalue weighted by molar-refractivity contribution is 6.33. The molecule has 1 aliphatic heterocycles. The van der Waals surface area contributed by atoms with E-state index in [2.05, 4.69) is 15.7 Å². The second-order valence-corrected chi connectivity index (χ2v) is 11.3. The molecule has 2 saturated carbocycles. The summed E-state index contributed by atoms with van der Waals surface area (Å²) in [6, 6.07) is 2.77. The van der Waals surface area contributed by atoms with Gasteiger partial charge in [-0.3, -0.25) is 9.59 Å². The van der Waals surface area contributed by atoms with Crippen molar-refractivity contribution in [2.75, 3.05) is 43.5 Å². The van der Waals surface area contributed by atoms with Crippen molar-refractivity contribution in [1.82, 2.24) is 24.5 Å². The van der Waals surface area contributed by atoms with Gasteiger partial charge in [0.2, 0.25) is 11.7 Å². The van der Waals surface area contributed by atoms with Crippen molar-refractivity contribution in [1.29, 1.82) is 0 Å². The largest absolute Gasteiger partial charge is 0.416 e. The van der Waals surface area contributed by atoms with Crippen LogP contribution in [0.15, 0.2) is 23.0 Å². The third-order valence-electron chi connectivity index (χ3n) is 8.52. The zero-order valence-corrected chi connectivity index (χ0v) is 23.4. The number of rotatable bonds is 7. The quantitative estimate of drug-likeness (QED) is 0.433.